The van der Waals surface area contributed by atoms with E-state index in [4.69, 9.17) is 4.74 Å². The predicted octanol–water partition coefficient (Wildman–Crippen LogP) is 4.38. The van der Waals surface area contributed by atoms with Gasteiger partial charge in [-0.05, 0) is 48.7 Å². The van der Waals surface area contributed by atoms with Gasteiger partial charge in [0.1, 0.15) is 10.7 Å². The van der Waals surface area contributed by atoms with E-state index in [1.807, 2.05) is 30.3 Å². The fraction of sp³-hybridized carbons (Fsp3) is 0.250. The topological polar surface area (TPSA) is 92.8 Å². The zero-order valence-corrected chi connectivity index (χ0v) is 20.0. The number of nitrogens with one attached hydrogen (secondary N) is 1. The maximum Gasteiger partial charge on any atom is 0.350 e. The van der Waals surface area contributed by atoms with Crippen molar-refractivity contribution in [1.82, 2.24) is 4.31 Å². The first kappa shape index (κ1) is 24.1. The Morgan fingerprint density at radius 3 is 2.50 bits per heavy atom. The average Bonchev–Trinajstić information content (AvgIpc) is 3.28. The predicted molar refractivity (Wildman–Crippen MR) is 128 cm³/mol. The first-order chi connectivity index (χ1) is 16.3. The van der Waals surface area contributed by atoms with E-state index >= 15 is 0 Å². The minimum Gasteiger partial charge on any atom is -0.465 e. The lowest BCUT2D eigenvalue weighted by Crippen LogP contribution is -2.43. The van der Waals surface area contributed by atoms with E-state index in [0.717, 1.165) is 22.6 Å². The second-order valence-electron chi connectivity index (χ2n) is 7.86. The normalized spacial score (nSPS) is 16.7. The highest BCUT2D eigenvalue weighted by atomic mass is 32.2. The van der Waals surface area contributed by atoms with Gasteiger partial charge in [0.25, 0.3) is 0 Å². The van der Waals surface area contributed by atoms with Gasteiger partial charge < -0.3 is 10.1 Å². The van der Waals surface area contributed by atoms with Crippen molar-refractivity contribution in [3.8, 4) is 10.4 Å². The number of sulfonamides is 1. The SMILES string of the molecule is COC(=O)c1sc(-c2ccccc2)cc1NC(=O)C1CCCN(S(=O)(=O)c2ccc(F)cc2)C1. The molecule has 1 aromatic heterocycles. The summed E-state index contributed by atoms with van der Waals surface area (Å²) in [6.45, 7) is 0.266. The van der Waals surface area contributed by atoms with Gasteiger partial charge in [0, 0.05) is 18.0 Å². The molecule has 1 amide bonds. The molecule has 0 spiro atoms. The number of ether oxygens (including phenoxy) is 1. The molecule has 1 fully saturated rings. The summed E-state index contributed by atoms with van der Waals surface area (Å²) < 4.78 is 45.3. The number of thiophene rings is 1. The first-order valence-corrected chi connectivity index (χ1v) is 12.9. The molecule has 1 saturated heterocycles. The van der Waals surface area contributed by atoms with E-state index in [1.54, 1.807) is 6.07 Å². The third-order valence-corrected chi connectivity index (χ3v) is 8.67. The number of amides is 1. The van der Waals surface area contributed by atoms with Gasteiger partial charge in [0.15, 0.2) is 0 Å². The van der Waals surface area contributed by atoms with Gasteiger partial charge in [0.05, 0.1) is 23.6 Å². The molecule has 1 aliphatic heterocycles. The molecular formula is C24H23FN2O5S2. The molecule has 3 aromatic rings. The fourth-order valence-electron chi connectivity index (χ4n) is 3.84. The molecule has 0 radical (unpaired) electrons. The number of nitrogens with zero attached hydrogens (tertiary/aromatic N) is 1. The summed E-state index contributed by atoms with van der Waals surface area (Å²) in [7, 11) is -2.59. The molecule has 0 aliphatic carbocycles. The standard InChI is InChI=1S/C24H23FN2O5S2/c1-32-24(29)22-20(14-21(33-22)16-6-3-2-4-7-16)26-23(28)17-8-5-13-27(15-17)34(30,31)19-11-9-18(25)10-12-19/h2-4,6-7,9-12,14,17H,5,8,13,15H2,1H3,(H,26,28). The lowest BCUT2D eigenvalue weighted by atomic mass is 9.98. The van der Waals surface area contributed by atoms with Crippen LogP contribution in [-0.4, -0.2) is 44.8 Å². The molecule has 1 aliphatic rings. The number of anilines is 1. The average molecular weight is 503 g/mol. The third kappa shape index (κ3) is 5.03. The zero-order valence-electron chi connectivity index (χ0n) is 18.4. The maximum absolute atomic E-state index is 13.2. The van der Waals surface area contributed by atoms with Gasteiger partial charge in [-0.2, -0.15) is 4.31 Å². The van der Waals surface area contributed by atoms with E-state index in [1.165, 1.54) is 34.9 Å². The summed E-state index contributed by atoms with van der Waals surface area (Å²) in [5.74, 6) is -2.07. The van der Waals surface area contributed by atoms with E-state index < -0.39 is 27.7 Å². The van der Waals surface area contributed by atoms with Gasteiger partial charge in [-0.3, -0.25) is 4.79 Å². The van der Waals surface area contributed by atoms with Gasteiger partial charge in [-0.15, -0.1) is 11.3 Å². The van der Waals surface area contributed by atoms with Crippen molar-refractivity contribution in [1.29, 1.82) is 0 Å². The Balaban J connectivity index is 1.54. The van der Waals surface area contributed by atoms with Crippen LogP contribution in [0, 0.1) is 11.7 Å². The van der Waals surface area contributed by atoms with Crippen LogP contribution in [0.15, 0.2) is 65.6 Å². The second kappa shape index (κ2) is 10.0. The number of hydrogen-bond donors (Lipinski definition) is 1. The number of benzene rings is 2. The third-order valence-electron chi connectivity index (χ3n) is 5.63. The lowest BCUT2D eigenvalue weighted by molar-refractivity contribution is -0.120. The fourth-order valence-corrected chi connectivity index (χ4v) is 6.40. The Bertz CT molecular complexity index is 1290. The molecule has 4 rings (SSSR count). The molecule has 0 saturated carbocycles. The number of hydrogen-bond acceptors (Lipinski definition) is 6. The van der Waals surface area contributed by atoms with Gasteiger partial charge >= 0.3 is 5.97 Å². The maximum atomic E-state index is 13.2. The summed E-state index contributed by atoms with van der Waals surface area (Å²) >= 11 is 1.21. The van der Waals surface area contributed by atoms with E-state index in [9.17, 15) is 22.4 Å². The Labute approximate surface area is 201 Å². The van der Waals surface area contributed by atoms with Crippen molar-refractivity contribution >= 4 is 38.9 Å². The Morgan fingerprint density at radius 2 is 1.82 bits per heavy atom. The molecular weight excluding hydrogens is 479 g/mol. The number of rotatable bonds is 6. The highest BCUT2D eigenvalue weighted by molar-refractivity contribution is 7.89. The number of piperidine rings is 1. The monoisotopic (exact) mass is 502 g/mol. The van der Waals surface area contributed by atoms with Crippen LogP contribution in [0.3, 0.4) is 0 Å². The lowest BCUT2D eigenvalue weighted by Gasteiger charge is -2.31. The van der Waals surface area contributed by atoms with Crippen LogP contribution < -0.4 is 5.32 Å². The minimum atomic E-state index is -3.86. The summed E-state index contributed by atoms with van der Waals surface area (Å²) in [5.41, 5.74) is 1.23. The van der Waals surface area contributed by atoms with Crippen LogP contribution in [0.1, 0.15) is 22.5 Å². The second-order valence-corrected chi connectivity index (χ2v) is 10.8. The van der Waals surface area contributed by atoms with Gasteiger partial charge in [-0.1, -0.05) is 30.3 Å². The largest absolute Gasteiger partial charge is 0.465 e. The van der Waals surface area contributed by atoms with Crippen molar-refractivity contribution in [3.63, 3.8) is 0 Å². The van der Waals surface area contributed by atoms with E-state index in [2.05, 4.69) is 5.32 Å². The molecule has 1 N–H and O–H groups in total. The van der Waals surface area contributed by atoms with Crippen molar-refractivity contribution in [2.45, 2.75) is 17.7 Å². The molecule has 7 nitrogen and oxygen atoms in total. The molecule has 10 heteroatoms. The summed E-state index contributed by atoms with van der Waals surface area (Å²) in [6, 6.07) is 15.8. The zero-order chi connectivity index (χ0) is 24.3. The highest BCUT2D eigenvalue weighted by Crippen LogP contribution is 2.36. The molecule has 1 unspecified atom stereocenters. The van der Waals surface area contributed by atoms with E-state index in [-0.39, 0.29) is 28.8 Å². The van der Waals surface area contributed by atoms with Crippen LogP contribution in [0.4, 0.5) is 10.1 Å². The first-order valence-electron chi connectivity index (χ1n) is 10.6. The number of methoxy groups -OCH3 is 1. The van der Waals surface area contributed by atoms with Crippen molar-refractivity contribution in [3.05, 3.63) is 71.4 Å². The summed E-state index contributed by atoms with van der Waals surface area (Å²) in [4.78, 5) is 26.5. The smallest absolute Gasteiger partial charge is 0.350 e. The van der Waals surface area contributed by atoms with Crippen LogP contribution in [0.25, 0.3) is 10.4 Å². The minimum absolute atomic E-state index is 0.00518. The number of carbonyl (C=O) groups is 2. The molecule has 0 bridgehead atoms. The van der Waals surface area contributed by atoms with E-state index in [0.29, 0.717) is 18.5 Å². The van der Waals surface area contributed by atoms with Gasteiger partial charge in [0.2, 0.25) is 15.9 Å². The molecule has 178 valence electrons. The Morgan fingerprint density at radius 1 is 1.12 bits per heavy atom. The Hall–Kier alpha value is -3.08. The summed E-state index contributed by atoms with van der Waals surface area (Å²) in [6.07, 6.45) is 1.01. The molecule has 2 aromatic carbocycles. The summed E-state index contributed by atoms with van der Waals surface area (Å²) in [5, 5.41) is 2.80. The van der Waals surface area contributed by atoms with Crippen LogP contribution in [0.5, 0.6) is 0 Å². The number of esters is 1. The van der Waals surface area contributed by atoms with Crippen molar-refractivity contribution in [2.75, 3.05) is 25.5 Å². The van der Waals surface area contributed by atoms with Crippen molar-refractivity contribution in [2.24, 2.45) is 5.92 Å². The highest BCUT2D eigenvalue weighted by Gasteiger charge is 2.34. The van der Waals surface area contributed by atoms with Crippen LogP contribution >= 0.6 is 11.3 Å². The van der Waals surface area contributed by atoms with Gasteiger partial charge in [-0.25, -0.2) is 17.6 Å². The molecule has 34 heavy (non-hydrogen) atoms. The molecule has 1 atom stereocenters. The number of carbonyl (C=O) groups excluding carboxylic acids is 2. The quantitative estimate of drug-likeness (QED) is 0.505. The number of halogens is 1. The van der Waals surface area contributed by atoms with Crippen LogP contribution in [-0.2, 0) is 19.6 Å². The van der Waals surface area contributed by atoms with Crippen molar-refractivity contribution < 1.29 is 27.1 Å². The Kier molecular flexibility index (Phi) is 7.11. The van der Waals surface area contributed by atoms with Crippen LogP contribution in [0.2, 0.25) is 0 Å². The molecule has 2 heterocycles.